The summed E-state index contributed by atoms with van der Waals surface area (Å²) >= 11 is 0. The standard InChI is InChI=1S/C13H21N5/c1-5-10(6-2)18-8-12(14)13(16-18)11-7-17(4)15-9(11)3/h7-8,10H,5-6,14H2,1-4H3. The summed E-state index contributed by atoms with van der Waals surface area (Å²) in [7, 11) is 1.91. The van der Waals surface area contributed by atoms with Crippen LogP contribution in [0.3, 0.4) is 0 Å². The van der Waals surface area contributed by atoms with Crippen molar-refractivity contribution in [2.24, 2.45) is 7.05 Å². The Morgan fingerprint density at radius 3 is 2.39 bits per heavy atom. The van der Waals surface area contributed by atoms with Gasteiger partial charge >= 0.3 is 0 Å². The van der Waals surface area contributed by atoms with E-state index >= 15 is 0 Å². The van der Waals surface area contributed by atoms with Gasteiger partial charge in [-0.05, 0) is 19.8 Å². The fraction of sp³-hybridized carbons (Fsp3) is 0.538. The zero-order chi connectivity index (χ0) is 13.3. The molecule has 0 radical (unpaired) electrons. The van der Waals surface area contributed by atoms with Gasteiger partial charge in [-0.3, -0.25) is 9.36 Å². The second-order valence-electron chi connectivity index (χ2n) is 4.69. The minimum atomic E-state index is 0.415. The Bertz CT molecular complexity index is 534. The molecule has 5 nitrogen and oxygen atoms in total. The second kappa shape index (κ2) is 4.84. The second-order valence-corrected chi connectivity index (χ2v) is 4.69. The van der Waals surface area contributed by atoms with Gasteiger partial charge in [0.1, 0.15) is 5.69 Å². The molecular formula is C13H21N5. The van der Waals surface area contributed by atoms with Crippen molar-refractivity contribution in [2.45, 2.75) is 39.7 Å². The van der Waals surface area contributed by atoms with Crippen LogP contribution in [0.25, 0.3) is 11.3 Å². The molecule has 0 unspecified atom stereocenters. The highest BCUT2D eigenvalue weighted by atomic mass is 15.3. The number of aromatic nitrogens is 4. The number of hydrogen-bond acceptors (Lipinski definition) is 3. The Labute approximate surface area is 108 Å². The molecule has 0 spiro atoms. The third-order valence-corrected chi connectivity index (χ3v) is 3.35. The predicted molar refractivity (Wildman–Crippen MR) is 73.2 cm³/mol. The Morgan fingerprint density at radius 1 is 1.22 bits per heavy atom. The van der Waals surface area contributed by atoms with E-state index in [-0.39, 0.29) is 0 Å². The molecule has 0 saturated heterocycles. The van der Waals surface area contributed by atoms with Gasteiger partial charge in [-0.1, -0.05) is 13.8 Å². The molecule has 98 valence electrons. The lowest BCUT2D eigenvalue weighted by molar-refractivity contribution is 0.429. The van der Waals surface area contributed by atoms with Crippen LogP contribution in [0.1, 0.15) is 38.4 Å². The van der Waals surface area contributed by atoms with E-state index in [1.807, 2.05) is 31.0 Å². The van der Waals surface area contributed by atoms with Crippen LogP contribution in [-0.4, -0.2) is 19.6 Å². The van der Waals surface area contributed by atoms with E-state index in [1.165, 1.54) is 0 Å². The first-order chi connectivity index (χ1) is 8.56. The summed E-state index contributed by atoms with van der Waals surface area (Å²) in [6.07, 6.45) is 6.01. The fourth-order valence-electron chi connectivity index (χ4n) is 2.30. The summed E-state index contributed by atoms with van der Waals surface area (Å²) in [5.74, 6) is 0. The van der Waals surface area contributed by atoms with Gasteiger partial charge in [-0.2, -0.15) is 10.2 Å². The number of nitrogens with two attached hydrogens (primary N) is 1. The highest BCUT2D eigenvalue weighted by Gasteiger charge is 2.16. The third kappa shape index (κ3) is 2.12. The molecule has 0 bridgehead atoms. The van der Waals surface area contributed by atoms with E-state index in [0.29, 0.717) is 6.04 Å². The van der Waals surface area contributed by atoms with Crippen molar-refractivity contribution in [2.75, 3.05) is 5.73 Å². The molecule has 5 heteroatoms. The SMILES string of the molecule is CCC(CC)n1cc(N)c(-c2cn(C)nc2C)n1. The van der Waals surface area contributed by atoms with Crippen LogP contribution in [0.4, 0.5) is 5.69 Å². The van der Waals surface area contributed by atoms with Crippen molar-refractivity contribution in [1.82, 2.24) is 19.6 Å². The number of nitrogen functional groups attached to an aromatic ring is 1. The van der Waals surface area contributed by atoms with Crippen LogP contribution in [0.5, 0.6) is 0 Å². The normalized spacial score (nSPS) is 11.4. The first kappa shape index (κ1) is 12.7. The van der Waals surface area contributed by atoms with Gasteiger partial charge in [0.25, 0.3) is 0 Å². The van der Waals surface area contributed by atoms with E-state index in [1.54, 1.807) is 4.68 Å². The van der Waals surface area contributed by atoms with Crippen LogP contribution in [-0.2, 0) is 7.05 Å². The average molecular weight is 247 g/mol. The summed E-state index contributed by atoms with van der Waals surface area (Å²) in [6, 6.07) is 0.415. The first-order valence-electron chi connectivity index (χ1n) is 6.42. The minimum Gasteiger partial charge on any atom is -0.396 e. The van der Waals surface area contributed by atoms with Crippen LogP contribution in [0, 0.1) is 6.92 Å². The molecule has 0 fully saturated rings. The highest BCUT2D eigenvalue weighted by Crippen LogP contribution is 2.28. The molecule has 2 rings (SSSR count). The van der Waals surface area contributed by atoms with Crippen molar-refractivity contribution in [1.29, 1.82) is 0 Å². The lowest BCUT2D eigenvalue weighted by Crippen LogP contribution is -2.07. The summed E-state index contributed by atoms with van der Waals surface area (Å²) in [5.41, 5.74) is 9.61. The number of hydrogen-bond donors (Lipinski definition) is 1. The van der Waals surface area contributed by atoms with E-state index in [2.05, 4.69) is 24.0 Å². The van der Waals surface area contributed by atoms with E-state index < -0.39 is 0 Å². The van der Waals surface area contributed by atoms with Gasteiger partial charge in [0.15, 0.2) is 0 Å². The molecule has 2 aromatic rings. The molecule has 0 aliphatic carbocycles. The van der Waals surface area contributed by atoms with Crippen molar-refractivity contribution in [3.8, 4) is 11.3 Å². The van der Waals surface area contributed by atoms with Gasteiger partial charge in [0.2, 0.25) is 0 Å². The summed E-state index contributed by atoms with van der Waals surface area (Å²) < 4.78 is 3.78. The molecule has 2 N–H and O–H groups in total. The molecule has 0 saturated carbocycles. The quantitative estimate of drug-likeness (QED) is 0.903. The van der Waals surface area contributed by atoms with Crippen LogP contribution < -0.4 is 5.73 Å². The van der Waals surface area contributed by atoms with Crippen molar-refractivity contribution in [3.05, 3.63) is 18.1 Å². The minimum absolute atomic E-state index is 0.415. The van der Waals surface area contributed by atoms with Gasteiger partial charge in [-0.25, -0.2) is 0 Å². The number of rotatable bonds is 4. The van der Waals surface area contributed by atoms with Gasteiger partial charge in [0, 0.05) is 25.0 Å². The van der Waals surface area contributed by atoms with E-state index in [9.17, 15) is 0 Å². The maximum Gasteiger partial charge on any atom is 0.119 e. The molecule has 0 aromatic carbocycles. The molecule has 0 aliphatic heterocycles. The van der Waals surface area contributed by atoms with Crippen molar-refractivity contribution < 1.29 is 0 Å². The van der Waals surface area contributed by atoms with Crippen molar-refractivity contribution >= 4 is 5.69 Å². The topological polar surface area (TPSA) is 61.7 Å². The Balaban J connectivity index is 2.43. The maximum absolute atomic E-state index is 6.08. The average Bonchev–Trinajstić information content (AvgIpc) is 2.84. The van der Waals surface area contributed by atoms with Crippen LogP contribution in [0.15, 0.2) is 12.4 Å². The van der Waals surface area contributed by atoms with E-state index in [4.69, 9.17) is 5.73 Å². The number of nitrogens with zero attached hydrogens (tertiary/aromatic N) is 4. The lowest BCUT2D eigenvalue weighted by atomic mass is 10.2. The Kier molecular flexibility index (Phi) is 3.41. The zero-order valence-corrected chi connectivity index (χ0v) is 11.5. The first-order valence-corrected chi connectivity index (χ1v) is 6.42. The largest absolute Gasteiger partial charge is 0.396 e. The lowest BCUT2D eigenvalue weighted by Gasteiger charge is -2.12. The zero-order valence-electron chi connectivity index (χ0n) is 11.5. The van der Waals surface area contributed by atoms with Gasteiger partial charge in [0.05, 0.1) is 17.4 Å². The summed E-state index contributed by atoms with van der Waals surface area (Å²) in [6.45, 7) is 6.31. The highest BCUT2D eigenvalue weighted by molar-refractivity contribution is 5.73. The van der Waals surface area contributed by atoms with Gasteiger partial charge < -0.3 is 5.73 Å². The number of aryl methyl sites for hydroxylation is 2. The molecule has 18 heavy (non-hydrogen) atoms. The molecular weight excluding hydrogens is 226 g/mol. The fourth-order valence-corrected chi connectivity index (χ4v) is 2.30. The molecule has 2 aromatic heterocycles. The summed E-state index contributed by atoms with van der Waals surface area (Å²) in [4.78, 5) is 0. The molecule has 0 amide bonds. The van der Waals surface area contributed by atoms with Crippen molar-refractivity contribution in [3.63, 3.8) is 0 Å². The maximum atomic E-state index is 6.08. The van der Waals surface area contributed by atoms with Crippen LogP contribution in [0.2, 0.25) is 0 Å². The molecule has 2 heterocycles. The predicted octanol–water partition coefficient (Wildman–Crippen LogP) is 2.54. The number of anilines is 1. The Morgan fingerprint density at radius 2 is 1.89 bits per heavy atom. The molecule has 0 aliphatic rings. The monoisotopic (exact) mass is 247 g/mol. The van der Waals surface area contributed by atoms with Crippen LogP contribution >= 0.6 is 0 Å². The Hall–Kier alpha value is -1.78. The third-order valence-electron chi connectivity index (χ3n) is 3.35. The van der Waals surface area contributed by atoms with E-state index in [0.717, 1.165) is 35.5 Å². The molecule has 0 atom stereocenters. The summed E-state index contributed by atoms with van der Waals surface area (Å²) in [5, 5.41) is 8.97. The smallest absolute Gasteiger partial charge is 0.119 e. The van der Waals surface area contributed by atoms with Gasteiger partial charge in [-0.15, -0.1) is 0 Å².